The first-order chi connectivity index (χ1) is 19.2. The molecular formula is C33H38N2O5. The van der Waals surface area contributed by atoms with Gasteiger partial charge in [0.2, 0.25) is 5.91 Å². The van der Waals surface area contributed by atoms with E-state index in [-0.39, 0.29) is 36.2 Å². The average molecular weight is 543 g/mol. The predicted molar refractivity (Wildman–Crippen MR) is 156 cm³/mol. The maximum atomic E-state index is 12.9. The van der Waals surface area contributed by atoms with Crippen LogP contribution in [0.25, 0.3) is 0 Å². The maximum absolute atomic E-state index is 12.9. The van der Waals surface area contributed by atoms with Crippen molar-refractivity contribution in [2.24, 2.45) is 0 Å². The van der Waals surface area contributed by atoms with Crippen molar-refractivity contribution in [1.29, 1.82) is 0 Å². The summed E-state index contributed by atoms with van der Waals surface area (Å²) < 4.78 is 0. The van der Waals surface area contributed by atoms with Gasteiger partial charge in [0, 0.05) is 31.3 Å². The van der Waals surface area contributed by atoms with E-state index >= 15 is 0 Å². The molecule has 210 valence electrons. The summed E-state index contributed by atoms with van der Waals surface area (Å²) in [5, 5.41) is 22.1. The average Bonchev–Trinajstić information content (AvgIpc) is 2.93. The molecule has 7 nitrogen and oxygen atoms in total. The van der Waals surface area contributed by atoms with Crippen molar-refractivity contribution in [2.75, 3.05) is 0 Å². The number of carbonyl (C=O) groups is 3. The number of hydrogen-bond donors (Lipinski definition) is 3. The first-order valence-electron chi connectivity index (χ1n) is 13.6. The van der Waals surface area contributed by atoms with Gasteiger partial charge < -0.3 is 20.4 Å². The van der Waals surface area contributed by atoms with E-state index < -0.39 is 5.97 Å². The van der Waals surface area contributed by atoms with Crippen LogP contribution in [0.3, 0.4) is 0 Å². The molecule has 0 saturated heterocycles. The van der Waals surface area contributed by atoms with Crippen molar-refractivity contribution in [3.8, 4) is 5.75 Å². The second kappa shape index (κ2) is 14.7. The van der Waals surface area contributed by atoms with E-state index in [0.29, 0.717) is 17.7 Å². The number of aryl methyl sites for hydroxylation is 1. The number of nitrogens with one attached hydrogen (secondary N) is 1. The van der Waals surface area contributed by atoms with Gasteiger partial charge in [-0.05, 0) is 73.2 Å². The highest BCUT2D eigenvalue weighted by Crippen LogP contribution is 2.21. The Bertz CT molecular complexity index is 1340. The van der Waals surface area contributed by atoms with Crippen LogP contribution in [0.2, 0.25) is 0 Å². The second-order valence-electron chi connectivity index (χ2n) is 10.2. The number of aromatic hydroxyl groups is 1. The molecule has 0 heterocycles. The van der Waals surface area contributed by atoms with Crippen molar-refractivity contribution >= 4 is 17.8 Å². The number of carbonyl (C=O) groups excluding carboxylic acids is 2. The lowest BCUT2D eigenvalue weighted by atomic mass is 10.1. The molecule has 0 aliphatic rings. The number of nitrogens with zero attached hydrogens (tertiary/aromatic N) is 1. The zero-order valence-electron chi connectivity index (χ0n) is 23.4. The molecule has 0 aliphatic heterocycles. The lowest BCUT2D eigenvalue weighted by Crippen LogP contribution is -2.29. The highest BCUT2D eigenvalue weighted by Gasteiger charge is 2.16. The molecule has 3 rings (SSSR count). The third-order valence-corrected chi connectivity index (χ3v) is 6.52. The van der Waals surface area contributed by atoms with Gasteiger partial charge in [0.05, 0.1) is 0 Å². The Balaban J connectivity index is 1.64. The van der Waals surface area contributed by atoms with E-state index in [2.05, 4.69) is 36.5 Å². The van der Waals surface area contributed by atoms with E-state index in [1.54, 1.807) is 23.1 Å². The number of benzene rings is 3. The number of unbranched alkanes of at least 4 members (excludes halogenated alkanes) is 2. The third kappa shape index (κ3) is 9.12. The number of amides is 2. The normalized spacial score (nSPS) is 10.6. The summed E-state index contributed by atoms with van der Waals surface area (Å²) in [5.74, 6) is -1.97. The van der Waals surface area contributed by atoms with Gasteiger partial charge in [-0.15, -0.1) is 0 Å². The Hall–Kier alpha value is -4.39. The summed E-state index contributed by atoms with van der Waals surface area (Å²) in [6, 6.07) is 19.7. The number of allylic oxidation sites excluding steroid dienone is 1. The van der Waals surface area contributed by atoms with Crippen LogP contribution in [0.1, 0.15) is 83.0 Å². The number of phenols is 1. The fraction of sp³-hybridized carbons (Fsp3) is 0.303. The van der Waals surface area contributed by atoms with Crippen LogP contribution < -0.4 is 5.32 Å². The molecular weight excluding hydrogens is 504 g/mol. The van der Waals surface area contributed by atoms with Crippen LogP contribution in [0.5, 0.6) is 5.75 Å². The van der Waals surface area contributed by atoms with Gasteiger partial charge in [-0.2, -0.15) is 0 Å². The SMILES string of the molecule is CCCCCc1ccc(CNC(=O)c2ccc(CN(Cc3ccc(O)c(C(=O)O)c3)C(=O)C=C(C)C)cc2)cc1. The van der Waals surface area contributed by atoms with E-state index in [0.717, 1.165) is 23.1 Å². The number of carboxylic acid groups (broad SMARTS) is 1. The molecule has 0 atom stereocenters. The quantitative estimate of drug-likeness (QED) is 0.175. The van der Waals surface area contributed by atoms with Gasteiger partial charge in [0.25, 0.3) is 5.91 Å². The zero-order valence-corrected chi connectivity index (χ0v) is 23.4. The smallest absolute Gasteiger partial charge is 0.339 e. The molecule has 0 bridgehead atoms. The predicted octanol–water partition coefficient (Wildman–Crippen LogP) is 6.25. The fourth-order valence-electron chi connectivity index (χ4n) is 4.29. The molecule has 7 heteroatoms. The molecule has 3 aromatic carbocycles. The Morgan fingerprint density at radius 2 is 1.43 bits per heavy atom. The van der Waals surface area contributed by atoms with E-state index in [1.807, 2.05) is 26.0 Å². The van der Waals surface area contributed by atoms with E-state index in [4.69, 9.17) is 0 Å². The molecule has 0 fully saturated rings. The maximum Gasteiger partial charge on any atom is 0.339 e. The number of carboxylic acids is 1. The largest absolute Gasteiger partial charge is 0.507 e. The third-order valence-electron chi connectivity index (χ3n) is 6.52. The van der Waals surface area contributed by atoms with Gasteiger partial charge in [0.15, 0.2) is 0 Å². The van der Waals surface area contributed by atoms with Gasteiger partial charge in [0.1, 0.15) is 11.3 Å². The van der Waals surface area contributed by atoms with Crippen LogP contribution in [-0.2, 0) is 30.8 Å². The number of rotatable bonds is 13. The molecule has 0 aromatic heterocycles. The topological polar surface area (TPSA) is 107 Å². The Kier molecular flexibility index (Phi) is 11.1. The molecule has 40 heavy (non-hydrogen) atoms. The standard InChI is InChI=1S/C33H38N2O5/c1-4-5-6-7-24-8-10-25(11-9-24)20-34-32(38)28-15-12-26(13-16-28)21-35(31(37)18-23(2)3)22-27-14-17-30(36)29(19-27)33(39)40/h8-19,36H,4-7,20-22H2,1-3H3,(H,34,38)(H,39,40). The van der Waals surface area contributed by atoms with E-state index in [1.165, 1.54) is 43.0 Å². The van der Waals surface area contributed by atoms with Crippen LogP contribution >= 0.6 is 0 Å². The fourth-order valence-corrected chi connectivity index (χ4v) is 4.29. The molecule has 0 spiro atoms. The van der Waals surface area contributed by atoms with E-state index in [9.17, 15) is 24.6 Å². The van der Waals surface area contributed by atoms with Gasteiger partial charge in [-0.25, -0.2) is 4.79 Å². The summed E-state index contributed by atoms with van der Waals surface area (Å²) in [4.78, 5) is 38.7. The minimum Gasteiger partial charge on any atom is -0.507 e. The van der Waals surface area contributed by atoms with Crippen LogP contribution in [0.4, 0.5) is 0 Å². The number of hydrogen-bond acceptors (Lipinski definition) is 4. The molecule has 3 aromatic rings. The summed E-state index contributed by atoms with van der Waals surface area (Å²) in [6.45, 7) is 6.70. The molecule has 0 radical (unpaired) electrons. The van der Waals surface area contributed by atoms with Crippen molar-refractivity contribution in [1.82, 2.24) is 10.2 Å². The van der Waals surface area contributed by atoms with Crippen LogP contribution in [0, 0.1) is 0 Å². The lowest BCUT2D eigenvalue weighted by molar-refractivity contribution is -0.127. The summed E-state index contributed by atoms with van der Waals surface area (Å²) in [5.41, 5.74) is 4.89. The minimum absolute atomic E-state index is 0.156. The monoisotopic (exact) mass is 542 g/mol. The second-order valence-corrected chi connectivity index (χ2v) is 10.2. The highest BCUT2D eigenvalue weighted by atomic mass is 16.4. The molecule has 0 aliphatic carbocycles. The first-order valence-corrected chi connectivity index (χ1v) is 13.6. The summed E-state index contributed by atoms with van der Waals surface area (Å²) >= 11 is 0. The Morgan fingerprint density at radius 1 is 0.825 bits per heavy atom. The molecule has 0 saturated carbocycles. The lowest BCUT2D eigenvalue weighted by Gasteiger charge is -2.22. The minimum atomic E-state index is -1.24. The Morgan fingerprint density at radius 3 is 2.05 bits per heavy atom. The summed E-state index contributed by atoms with van der Waals surface area (Å²) in [7, 11) is 0. The van der Waals surface area contributed by atoms with Crippen LogP contribution in [0.15, 0.2) is 78.4 Å². The summed E-state index contributed by atoms with van der Waals surface area (Å²) in [6.07, 6.45) is 6.21. The van der Waals surface area contributed by atoms with Gasteiger partial charge in [-0.1, -0.05) is 67.8 Å². The zero-order chi connectivity index (χ0) is 29.1. The Labute approximate surface area is 236 Å². The molecule has 3 N–H and O–H groups in total. The molecule has 2 amide bonds. The molecule has 0 unspecified atom stereocenters. The van der Waals surface area contributed by atoms with Crippen LogP contribution in [-0.4, -0.2) is 32.9 Å². The van der Waals surface area contributed by atoms with Gasteiger partial charge >= 0.3 is 5.97 Å². The van der Waals surface area contributed by atoms with Gasteiger partial charge in [-0.3, -0.25) is 9.59 Å². The highest BCUT2D eigenvalue weighted by molar-refractivity contribution is 5.94. The van der Waals surface area contributed by atoms with Crippen molar-refractivity contribution in [3.05, 3.63) is 112 Å². The van der Waals surface area contributed by atoms with Crippen molar-refractivity contribution < 1.29 is 24.6 Å². The number of aromatic carboxylic acids is 1. The van der Waals surface area contributed by atoms with Crippen molar-refractivity contribution in [2.45, 2.75) is 66.1 Å². The van der Waals surface area contributed by atoms with Crippen molar-refractivity contribution in [3.63, 3.8) is 0 Å². The first kappa shape index (κ1) is 30.2.